The second-order valence-electron chi connectivity index (χ2n) is 3.29. The Bertz CT molecular complexity index is 421. The lowest BCUT2D eigenvalue weighted by atomic mass is 10.0. The van der Waals surface area contributed by atoms with E-state index in [9.17, 15) is 13.6 Å². The third-order valence-corrected chi connectivity index (χ3v) is 2.38. The number of hydrogen-bond donors (Lipinski definition) is 0. The van der Waals surface area contributed by atoms with Gasteiger partial charge in [0.15, 0.2) is 0 Å². The standard InChI is InChI=1S/C11H11ClF2O3/c1-6-3-7(10(15)16-2)8(5-12)9(4-6)17-11(13)14/h3-4,11H,5H2,1-2H3. The van der Waals surface area contributed by atoms with E-state index in [-0.39, 0.29) is 22.8 Å². The Balaban J connectivity index is 3.29. The summed E-state index contributed by atoms with van der Waals surface area (Å²) >= 11 is 5.64. The molecule has 0 unspecified atom stereocenters. The molecule has 0 saturated heterocycles. The molecule has 0 bridgehead atoms. The van der Waals surface area contributed by atoms with Crippen LogP contribution in [0.15, 0.2) is 12.1 Å². The molecule has 0 N–H and O–H groups in total. The van der Waals surface area contributed by atoms with E-state index in [4.69, 9.17) is 11.6 Å². The summed E-state index contributed by atoms with van der Waals surface area (Å²) in [6.45, 7) is -1.31. The molecule has 0 amide bonds. The summed E-state index contributed by atoms with van der Waals surface area (Å²) < 4.78 is 33.3. The van der Waals surface area contributed by atoms with E-state index < -0.39 is 12.6 Å². The molecular formula is C11H11ClF2O3. The van der Waals surface area contributed by atoms with Crippen LogP contribution >= 0.6 is 11.6 Å². The van der Waals surface area contributed by atoms with Gasteiger partial charge in [-0.3, -0.25) is 0 Å². The molecule has 17 heavy (non-hydrogen) atoms. The van der Waals surface area contributed by atoms with Gasteiger partial charge in [-0.05, 0) is 24.6 Å². The Labute approximate surface area is 102 Å². The third-order valence-electron chi connectivity index (χ3n) is 2.11. The van der Waals surface area contributed by atoms with Crippen molar-refractivity contribution in [3.8, 4) is 5.75 Å². The van der Waals surface area contributed by atoms with Gasteiger partial charge >= 0.3 is 12.6 Å². The van der Waals surface area contributed by atoms with Crippen molar-refractivity contribution in [2.24, 2.45) is 0 Å². The summed E-state index contributed by atoms with van der Waals surface area (Å²) in [6, 6.07) is 2.91. The fraction of sp³-hybridized carbons (Fsp3) is 0.364. The predicted octanol–water partition coefficient (Wildman–Crippen LogP) is 3.12. The fourth-order valence-electron chi connectivity index (χ4n) is 1.41. The predicted molar refractivity (Wildman–Crippen MR) is 58.7 cm³/mol. The molecule has 1 aromatic carbocycles. The molecule has 6 heteroatoms. The first kappa shape index (κ1) is 13.7. The lowest BCUT2D eigenvalue weighted by Gasteiger charge is -2.13. The number of carbonyl (C=O) groups is 1. The summed E-state index contributed by atoms with van der Waals surface area (Å²) in [4.78, 5) is 11.5. The first-order valence-electron chi connectivity index (χ1n) is 4.72. The van der Waals surface area contributed by atoms with Crippen LogP contribution in [0.2, 0.25) is 0 Å². The zero-order valence-electron chi connectivity index (χ0n) is 9.30. The Hall–Kier alpha value is -1.36. The topological polar surface area (TPSA) is 35.5 Å². The molecule has 0 spiro atoms. The Kier molecular flexibility index (Phi) is 4.69. The number of esters is 1. The molecule has 0 radical (unpaired) electrons. The highest BCUT2D eigenvalue weighted by molar-refractivity contribution is 6.18. The van der Waals surface area contributed by atoms with E-state index in [1.807, 2.05) is 0 Å². The Morgan fingerprint density at radius 3 is 2.59 bits per heavy atom. The molecule has 0 aromatic heterocycles. The molecule has 0 aliphatic rings. The van der Waals surface area contributed by atoms with E-state index in [1.165, 1.54) is 19.2 Å². The van der Waals surface area contributed by atoms with Crippen molar-refractivity contribution in [1.29, 1.82) is 0 Å². The van der Waals surface area contributed by atoms with Crippen molar-refractivity contribution in [2.75, 3.05) is 7.11 Å². The van der Waals surface area contributed by atoms with Crippen LogP contribution < -0.4 is 4.74 Å². The molecule has 3 nitrogen and oxygen atoms in total. The van der Waals surface area contributed by atoms with E-state index in [2.05, 4.69) is 9.47 Å². The third kappa shape index (κ3) is 3.30. The SMILES string of the molecule is COC(=O)c1cc(C)cc(OC(F)F)c1CCl. The Morgan fingerprint density at radius 1 is 1.47 bits per heavy atom. The maximum Gasteiger partial charge on any atom is 0.387 e. The van der Waals surface area contributed by atoms with Crippen LogP contribution in [-0.2, 0) is 10.6 Å². The molecule has 0 atom stereocenters. The van der Waals surface area contributed by atoms with E-state index >= 15 is 0 Å². The largest absolute Gasteiger partial charge is 0.465 e. The smallest absolute Gasteiger partial charge is 0.387 e. The average Bonchev–Trinajstić information content (AvgIpc) is 2.26. The molecule has 1 rings (SSSR count). The van der Waals surface area contributed by atoms with Gasteiger partial charge < -0.3 is 9.47 Å². The summed E-state index contributed by atoms with van der Waals surface area (Å²) in [5.41, 5.74) is 0.942. The van der Waals surface area contributed by atoms with Crippen LogP contribution in [-0.4, -0.2) is 19.7 Å². The van der Waals surface area contributed by atoms with Gasteiger partial charge in [0, 0.05) is 5.56 Å². The number of alkyl halides is 3. The van der Waals surface area contributed by atoms with Crippen molar-refractivity contribution in [3.63, 3.8) is 0 Å². The minimum atomic E-state index is -2.97. The van der Waals surface area contributed by atoms with Gasteiger partial charge in [0.25, 0.3) is 0 Å². The van der Waals surface area contributed by atoms with Gasteiger partial charge in [0.05, 0.1) is 18.6 Å². The number of halogens is 3. The molecule has 94 valence electrons. The van der Waals surface area contributed by atoms with Crippen LogP contribution in [0.5, 0.6) is 5.75 Å². The van der Waals surface area contributed by atoms with E-state index in [1.54, 1.807) is 6.92 Å². The van der Waals surface area contributed by atoms with Crippen LogP contribution in [0.3, 0.4) is 0 Å². The Morgan fingerprint density at radius 2 is 2.12 bits per heavy atom. The van der Waals surface area contributed by atoms with Gasteiger partial charge in [0.1, 0.15) is 5.75 Å². The fourth-order valence-corrected chi connectivity index (χ4v) is 1.69. The number of aryl methyl sites for hydroxylation is 1. The van der Waals surface area contributed by atoms with Crippen molar-refractivity contribution < 1.29 is 23.0 Å². The van der Waals surface area contributed by atoms with Crippen molar-refractivity contribution >= 4 is 17.6 Å². The average molecular weight is 265 g/mol. The first-order valence-corrected chi connectivity index (χ1v) is 5.25. The minimum Gasteiger partial charge on any atom is -0.465 e. The molecule has 0 saturated carbocycles. The minimum absolute atomic E-state index is 0.101. The second-order valence-corrected chi connectivity index (χ2v) is 3.56. The van der Waals surface area contributed by atoms with Crippen molar-refractivity contribution in [3.05, 3.63) is 28.8 Å². The number of benzene rings is 1. The zero-order chi connectivity index (χ0) is 13.0. The molecule has 0 fully saturated rings. The normalized spacial score (nSPS) is 10.5. The lowest BCUT2D eigenvalue weighted by Crippen LogP contribution is -2.10. The van der Waals surface area contributed by atoms with E-state index in [0.29, 0.717) is 5.56 Å². The van der Waals surface area contributed by atoms with Gasteiger partial charge in [-0.1, -0.05) is 0 Å². The van der Waals surface area contributed by atoms with Gasteiger partial charge in [-0.2, -0.15) is 8.78 Å². The number of hydrogen-bond acceptors (Lipinski definition) is 3. The number of ether oxygens (including phenoxy) is 2. The molecule has 0 aliphatic carbocycles. The van der Waals surface area contributed by atoms with E-state index in [0.717, 1.165) is 0 Å². The second kappa shape index (κ2) is 5.82. The highest BCUT2D eigenvalue weighted by Crippen LogP contribution is 2.28. The van der Waals surface area contributed by atoms with Crippen molar-refractivity contribution in [2.45, 2.75) is 19.4 Å². The highest BCUT2D eigenvalue weighted by Gasteiger charge is 2.18. The maximum absolute atomic E-state index is 12.2. The molecule has 0 heterocycles. The highest BCUT2D eigenvalue weighted by atomic mass is 35.5. The number of rotatable bonds is 4. The molecular weight excluding hydrogens is 254 g/mol. The first-order chi connectivity index (χ1) is 7.99. The number of methoxy groups -OCH3 is 1. The zero-order valence-corrected chi connectivity index (χ0v) is 10.1. The molecule has 1 aromatic rings. The maximum atomic E-state index is 12.2. The summed E-state index contributed by atoms with van der Waals surface area (Å²) in [5, 5.41) is 0. The molecule has 0 aliphatic heterocycles. The summed E-state index contributed by atoms with van der Waals surface area (Å²) in [6.07, 6.45) is 0. The van der Waals surface area contributed by atoms with Crippen LogP contribution in [0.1, 0.15) is 21.5 Å². The van der Waals surface area contributed by atoms with Crippen LogP contribution in [0, 0.1) is 6.92 Å². The van der Waals surface area contributed by atoms with Crippen LogP contribution in [0.4, 0.5) is 8.78 Å². The van der Waals surface area contributed by atoms with Crippen LogP contribution in [0.25, 0.3) is 0 Å². The van der Waals surface area contributed by atoms with Crippen molar-refractivity contribution in [1.82, 2.24) is 0 Å². The van der Waals surface area contributed by atoms with Gasteiger partial charge in [-0.25, -0.2) is 4.79 Å². The quantitative estimate of drug-likeness (QED) is 0.619. The van der Waals surface area contributed by atoms with Gasteiger partial charge in [-0.15, -0.1) is 11.6 Å². The summed E-state index contributed by atoms with van der Waals surface area (Å²) in [5.74, 6) is -0.855. The number of carbonyl (C=O) groups excluding carboxylic acids is 1. The lowest BCUT2D eigenvalue weighted by molar-refractivity contribution is -0.0504. The monoisotopic (exact) mass is 264 g/mol. The van der Waals surface area contributed by atoms with Gasteiger partial charge in [0.2, 0.25) is 0 Å². The summed E-state index contributed by atoms with van der Waals surface area (Å²) in [7, 11) is 1.20.